The smallest absolute Gasteiger partial charge is 0.251 e. The van der Waals surface area contributed by atoms with Gasteiger partial charge in [0.1, 0.15) is 5.82 Å². The van der Waals surface area contributed by atoms with Crippen molar-refractivity contribution < 1.29 is 9.59 Å². The van der Waals surface area contributed by atoms with Crippen molar-refractivity contribution in [1.29, 1.82) is 0 Å². The third kappa shape index (κ3) is 4.13. The Morgan fingerprint density at radius 3 is 2.74 bits per heavy atom. The number of pyridine rings is 1. The Morgan fingerprint density at radius 1 is 1.47 bits per heavy atom. The first-order valence-corrected chi connectivity index (χ1v) is 5.98. The van der Waals surface area contributed by atoms with Gasteiger partial charge in [0.2, 0.25) is 5.91 Å². The molecule has 0 radical (unpaired) electrons. The molecule has 0 spiro atoms. The Hall–Kier alpha value is -2.31. The number of anilines is 2. The molecule has 7 nitrogen and oxygen atoms in total. The highest BCUT2D eigenvalue weighted by molar-refractivity contribution is 5.99. The van der Waals surface area contributed by atoms with Crippen molar-refractivity contribution in [3.05, 3.63) is 17.8 Å². The number of carbonyl (C=O) groups is 2. The van der Waals surface area contributed by atoms with E-state index in [1.54, 1.807) is 11.9 Å². The summed E-state index contributed by atoms with van der Waals surface area (Å²) in [4.78, 5) is 28.5. The predicted molar refractivity (Wildman–Crippen MR) is 73.7 cm³/mol. The van der Waals surface area contributed by atoms with Gasteiger partial charge in [-0.1, -0.05) is 6.92 Å². The van der Waals surface area contributed by atoms with Gasteiger partial charge in [-0.05, 0) is 12.5 Å². The molecule has 2 amide bonds. The van der Waals surface area contributed by atoms with Crippen LogP contribution in [-0.4, -0.2) is 36.9 Å². The maximum Gasteiger partial charge on any atom is 0.251 e. The number of nitrogens with one attached hydrogen (secondary N) is 1. The molecule has 0 aliphatic carbocycles. The molecule has 7 heteroatoms. The molecule has 0 aliphatic heterocycles. The molecule has 0 saturated carbocycles. The normalized spacial score (nSPS) is 10.0. The van der Waals surface area contributed by atoms with E-state index >= 15 is 0 Å². The molecule has 5 N–H and O–H groups in total. The summed E-state index contributed by atoms with van der Waals surface area (Å²) >= 11 is 0. The molecule has 0 saturated heterocycles. The number of amides is 2. The van der Waals surface area contributed by atoms with Crippen LogP contribution in [0.4, 0.5) is 11.5 Å². The van der Waals surface area contributed by atoms with Crippen molar-refractivity contribution in [3.63, 3.8) is 0 Å². The van der Waals surface area contributed by atoms with Gasteiger partial charge in [0.05, 0.1) is 24.0 Å². The van der Waals surface area contributed by atoms with Crippen molar-refractivity contribution in [2.75, 3.05) is 30.8 Å². The SMILES string of the molecule is CCCNC(=O)CN(C)c1cnc(N)cc1C(N)=O. The molecule has 1 aromatic rings. The van der Waals surface area contributed by atoms with E-state index in [9.17, 15) is 9.59 Å². The molecular formula is C12H19N5O2. The van der Waals surface area contributed by atoms with Crippen LogP contribution in [0.3, 0.4) is 0 Å². The molecule has 1 rings (SSSR count). The molecule has 0 fully saturated rings. The number of likely N-dealkylation sites (N-methyl/N-ethyl adjacent to an activating group) is 1. The van der Waals surface area contributed by atoms with Gasteiger partial charge in [0.25, 0.3) is 5.91 Å². The van der Waals surface area contributed by atoms with E-state index in [-0.39, 0.29) is 23.8 Å². The summed E-state index contributed by atoms with van der Waals surface area (Å²) in [5, 5.41) is 2.75. The minimum atomic E-state index is -0.607. The minimum absolute atomic E-state index is 0.117. The van der Waals surface area contributed by atoms with Gasteiger partial charge < -0.3 is 21.7 Å². The van der Waals surface area contributed by atoms with Crippen LogP contribution in [0.2, 0.25) is 0 Å². The molecule has 0 aromatic carbocycles. The van der Waals surface area contributed by atoms with Crippen LogP contribution in [0.15, 0.2) is 12.3 Å². The number of carbonyl (C=O) groups excluding carboxylic acids is 2. The third-order valence-electron chi connectivity index (χ3n) is 2.53. The average molecular weight is 265 g/mol. The van der Waals surface area contributed by atoms with Crippen LogP contribution in [0.1, 0.15) is 23.7 Å². The fourth-order valence-electron chi connectivity index (χ4n) is 1.59. The molecule has 19 heavy (non-hydrogen) atoms. The van der Waals surface area contributed by atoms with Gasteiger partial charge in [-0.15, -0.1) is 0 Å². The summed E-state index contributed by atoms with van der Waals surface area (Å²) in [7, 11) is 1.69. The lowest BCUT2D eigenvalue weighted by molar-refractivity contribution is -0.119. The maximum absolute atomic E-state index is 11.6. The van der Waals surface area contributed by atoms with Crippen LogP contribution >= 0.6 is 0 Å². The fraction of sp³-hybridized carbons (Fsp3) is 0.417. The highest BCUT2D eigenvalue weighted by atomic mass is 16.2. The Balaban J connectivity index is 2.84. The highest BCUT2D eigenvalue weighted by Gasteiger charge is 2.15. The molecule has 0 aliphatic rings. The van der Waals surface area contributed by atoms with Gasteiger partial charge >= 0.3 is 0 Å². The highest BCUT2D eigenvalue weighted by Crippen LogP contribution is 2.19. The zero-order chi connectivity index (χ0) is 14.4. The zero-order valence-corrected chi connectivity index (χ0v) is 11.1. The van der Waals surface area contributed by atoms with Gasteiger partial charge in [-0.25, -0.2) is 4.98 Å². The van der Waals surface area contributed by atoms with Crippen molar-refractivity contribution in [2.45, 2.75) is 13.3 Å². The van der Waals surface area contributed by atoms with E-state index in [2.05, 4.69) is 10.3 Å². The average Bonchev–Trinajstić information content (AvgIpc) is 2.35. The Labute approximate surface area is 112 Å². The van der Waals surface area contributed by atoms with Crippen LogP contribution in [0.5, 0.6) is 0 Å². The lowest BCUT2D eigenvalue weighted by atomic mass is 10.2. The van der Waals surface area contributed by atoms with Crippen LogP contribution < -0.4 is 21.7 Å². The monoisotopic (exact) mass is 265 g/mol. The van der Waals surface area contributed by atoms with E-state index in [0.29, 0.717) is 12.2 Å². The third-order valence-corrected chi connectivity index (χ3v) is 2.53. The quantitative estimate of drug-likeness (QED) is 0.654. The summed E-state index contributed by atoms with van der Waals surface area (Å²) in [5.41, 5.74) is 11.5. The molecular weight excluding hydrogens is 246 g/mol. The predicted octanol–water partition coefficient (Wildman–Crippen LogP) is -0.275. The second-order valence-corrected chi connectivity index (χ2v) is 4.20. The number of hydrogen-bond acceptors (Lipinski definition) is 5. The van der Waals surface area contributed by atoms with Gasteiger partial charge in [-0.2, -0.15) is 0 Å². The Bertz CT molecular complexity index is 475. The number of nitrogens with zero attached hydrogens (tertiary/aromatic N) is 2. The van der Waals surface area contributed by atoms with Crippen LogP contribution in [0, 0.1) is 0 Å². The maximum atomic E-state index is 11.6. The minimum Gasteiger partial charge on any atom is -0.384 e. The number of nitrogen functional groups attached to an aromatic ring is 1. The van der Waals surface area contributed by atoms with E-state index in [1.807, 2.05) is 6.92 Å². The Kier molecular flexibility index (Phi) is 5.11. The lowest BCUT2D eigenvalue weighted by Crippen LogP contribution is -2.36. The largest absolute Gasteiger partial charge is 0.384 e. The van der Waals surface area contributed by atoms with Crippen molar-refractivity contribution in [3.8, 4) is 0 Å². The number of aromatic nitrogens is 1. The Morgan fingerprint density at radius 2 is 2.16 bits per heavy atom. The van der Waals surface area contributed by atoms with Crippen molar-refractivity contribution in [2.24, 2.45) is 5.73 Å². The first-order chi connectivity index (χ1) is 8.95. The van der Waals surface area contributed by atoms with Crippen molar-refractivity contribution in [1.82, 2.24) is 10.3 Å². The lowest BCUT2D eigenvalue weighted by Gasteiger charge is -2.20. The van der Waals surface area contributed by atoms with Crippen LogP contribution in [-0.2, 0) is 4.79 Å². The zero-order valence-electron chi connectivity index (χ0n) is 11.1. The molecule has 104 valence electrons. The summed E-state index contributed by atoms with van der Waals surface area (Å²) in [6.07, 6.45) is 2.30. The molecule has 1 heterocycles. The molecule has 0 bridgehead atoms. The topological polar surface area (TPSA) is 114 Å². The fourth-order valence-corrected chi connectivity index (χ4v) is 1.59. The van der Waals surface area contributed by atoms with E-state index in [1.165, 1.54) is 12.3 Å². The summed E-state index contributed by atoms with van der Waals surface area (Å²) < 4.78 is 0. The summed E-state index contributed by atoms with van der Waals surface area (Å²) in [6, 6.07) is 1.40. The molecule has 0 atom stereocenters. The van der Waals surface area contributed by atoms with Crippen molar-refractivity contribution >= 4 is 23.3 Å². The molecule has 1 aromatic heterocycles. The first-order valence-electron chi connectivity index (χ1n) is 5.98. The standard InChI is InChI=1S/C12H19N5O2/c1-3-4-15-11(18)7-17(2)9-6-16-10(13)5-8(9)12(14)19/h5-6H,3-4,7H2,1-2H3,(H2,13,16)(H2,14,19)(H,15,18). The summed E-state index contributed by atoms with van der Waals surface area (Å²) in [5.74, 6) is -0.525. The number of rotatable bonds is 6. The van der Waals surface area contributed by atoms with Gasteiger partial charge in [0.15, 0.2) is 0 Å². The van der Waals surface area contributed by atoms with E-state index in [4.69, 9.17) is 11.5 Å². The second-order valence-electron chi connectivity index (χ2n) is 4.20. The number of hydrogen-bond donors (Lipinski definition) is 3. The van der Waals surface area contributed by atoms with Gasteiger partial charge in [0, 0.05) is 13.6 Å². The summed E-state index contributed by atoms with van der Waals surface area (Å²) in [6.45, 7) is 2.71. The van der Waals surface area contributed by atoms with Crippen LogP contribution in [0.25, 0.3) is 0 Å². The van der Waals surface area contributed by atoms with Gasteiger partial charge in [-0.3, -0.25) is 9.59 Å². The number of primary amides is 1. The molecule has 0 unspecified atom stereocenters. The van der Waals surface area contributed by atoms with E-state index < -0.39 is 5.91 Å². The number of nitrogens with two attached hydrogens (primary N) is 2. The second kappa shape index (κ2) is 6.58. The van der Waals surface area contributed by atoms with E-state index in [0.717, 1.165) is 6.42 Å². The first kappa shape index (κ1) is 14.7.